The molecule has 0 atom stereocenters. The van der Waals surface area contributed by atoms with Crippen LogP contribution < -0.4 is 5.32 Å². The maximum absolute atomic E-state index is 11.2. The van der Waals surface area contributed by atoms with Gasteiger partial charge in [-0.05, 0) is 31.5 Å². The van der Waals surface area contributed by atoms with Gasteiger partial charge in [0.1, 0.15) is 0 Å². The Labute approximate surface area is 105 Å². The predicted octanol–water partition coefficient (Wildman–Crippen LogP) is 2.82. The van der Waals surface area contributed by atoms with E-state index in [4.69, 9.17) is 16.7 Å². The molecule has 1 aromatic carbocycles. The average molecular weight is 256 g/mol. The minimum Gasteiger partial charge on any atom is -0.481 e. The molecule has 0 aliphatic carbocycles. The maximum atomic E-state index is 11.2. The van der Waals surface area contributed by atoms with Crippen LogP contribution in [0.5, 0.6) is 0 Å². The molecule has 0 unspecified atom stereocenters. The number of carboxylic acids is 1. The molecule has 0 spiro atoms. The number of carbonyl (C=O) groups is 2. The number of benzene rings is 1. The second-order valence-electron chi connectivity index (χ2n) is 3.71. The number of hydrogen-bond acceptors (Lipinski definition) is 3. The lowest BCUT2D eigenvalue weighted by Crippen LogP contribution is -2.05. The van der Waals surface area contributed by atoms with E-state index in [0.29, 0.717) is 23.6 Å². The normalized spacial score (nSPS) is 10.0. The Morgan fingerprint density at radius 3 is 2.65 bits per heavy atom. The van der Waals surface area contributed by atoms with Gasteiger partial charge >= 0.3 is 5.97 Å². The molecule has 0 amide bonds. The van der Waals surface area contributed by atoms with Crippen LogP contribution in [0, 0.1) is 0 Å². The van der Waals surface area contributed by atoms with Crippen molar-refractivity contribution < 1.29 is 14.7 Å². The Morgan fingerprint density at radius 1 is 1.35 bits per heavy atom. The summed E-state index contributed by atoms with van der Waals surface area (Å²) >= 11 is 5.87. The van der Waals surface area contributed by atoms with Crippen molar-refractivity contribution in [2.24, 2.45) is 0 Å². The quantitative estimate of drug-likeness (QED) is 0.606. The second-order valence-corrected chi connectivity index (χ2v) is 4.15. The van der Waals surface area contributed by atoms with Crippen molar-refractivity contribution in [1.82, 2.24) is 0 Å². The Balaban J connectivity index is 2.59. The zero-order valence-electron chi connectivity index (χ0n) is 9.50. The fraction of sp³-hybridized carbons (Fsp3) is 0.333. The molecule has 0 saturated carbocycles. The molecular formula is C12H14ClNO3. The monoisotopic (exact) mass is 255 g/mol. The van der Waals surface area contributed by atoms with Crippen molar-refractivity contribution in [3.63, 3.8) is 0 Å². The van der Waals surface area contributed by atoms with Crippen molar-refractivity contribution in [3.8, 4) is 0 Å². The van der Waals surface area contributed by atoms with Crippen LogP contribution in [0.1, 0.15) is 30.1 Å². The zero-order valence-corrected chi connectivity index (χ0v) is 10.3. The van der Waals surface area contributed by atoms with Crippen LogP contribution in [0.15, 0.2) is 18.2 Å². The molecule has 1 rings (SSSR count). The van der Waals surface area contributed by atoms with E-state index < -0.39 is 5.97 Å². The van der Waals surface area contributed by atoms with Gasteiger partial charge in [0, 0.05) is 29.2 Å². The van der Waals surface area contributed by atoms with E-state index in [9.17, 15) is 9.59 Å². The number of ketones is 1. The van der Waals surface area contributed by atoms with Crippen LogP contribution in [0.4, 0.5) is 5.69 Å². The third-order valence-corrected chi connectivity index (χ3v) is 2.42. The van der Waals surface area contributed by atoms with Gasteiger partial charge in [-0.1, -0.05) is 11.6 Å². The molecule has 0 aliphatic rings. The van der Waals surface area contributed by atoms with Gasteiger partial charge in [0.25, 0.3) is 0 Å². The predicted molar refractivity (Wildman–Crippen MR) is 66.8 cm³/mol. The van der Waals surface area contributed by atoms with Crippen molar-refractivity contribution in [3.05, 3.63) is 28.8 Å². The Bertz CT molecular complexity index is 432. The molecule has 4 nitrogen and oxygen atoms in total. The SMILES string of the molecule is CC(=O)c1cc(Cl)cc(NCCCC(=O)O)c1. The number of nitrogens with one attached hydrogen (secondary N) is 1. The first kappa shape index (κ1) is 13.5. The van der Waals surface area contributed by atoms with E-state index in [0.717, 1.165) is 5.69 Å². The van der Waals surface area contributed by atoms with E-state index in [1.807, 2.05) is 0 Å². The first-order valence-electron chi connectivity index (χ1n) is 5.26. The number of rotatable bonds is 6. The minimum absolute atomic E-state index is 0.0546. The summed E-state index contributed by atoms with van der Waals surface area (Å²) in [5, 5.41) is 12.0. The third-order valence-electron chi connectivity index (χ3n) is 2.20. The zero-order chi connectivity index (χ0) is 12.8. The van der Waals surface area contributed by atoms with E-state index in [2.05, 4.69) is 5.32 Å². The van der Waals surface area contributed by atoms with Crippen LogP contribution in [0.2, 0.25) is 5.02 Å². The van der Waals surface area contributed by atoms with Gasteiger partial charge in [0.15, 0.2) is 5.78 Å². The fourth-order valence-electron chi connectivity index (χ4n) is 1.37. The highest BCUT2D eigenvalue weighted by Crippen LogP contribution is 2.19. The lowest BCUT2D eigenvalue weighted by molar-refractivity contribution is -0.137. The summed E-state index contributed by atoms with van der Waals surface area (Å²) < 4.78 is 0. The van der Waals surface area contributed by atoms with Crippen LogP contribution >= 0.6 is 11.6 Å². The van der Waals surface area contributed by atoms with Crippen LogP contribution in [0.3, 0.4) is 0 Å². The first-order chi connectivity index (χ1) is 7.99. The highest BCUT2D eigenvalue weighted by molar-refractivity contribution is 6.31. The standard InChI is InChI=1S/C12H14ClNO3/c1-8(15)9-5-10(13)7-11(6-9)14-4-2-3-12(16)17/h5-7,14H,2-4H2,1H3,(H,16,17). The van der Waals surface area contributed by atoms with Crippen LogP contribution in [0.25, 0.3) is 0 Å². The van der Waals surface area contributed by atoms with Crippen molar-refractivity contribution >= 4 is 29.0 Å². The summed E-state index contributed by atoms with van der Waals surface area (Å²) in [5.41, 5.74) is 1.27. The molecule has 17 heavy (non-hydrogen) atoms. The first-order valence-corrected chi connectivity index (χ1v) is 5.64. The Morgan fingerprint density at radius 2 is 2.06 bits per heavy atom. The molecule has 92 valence electrons. The van der Waals surface area contributed by atoms with Gasteiger partial charge in [0.05, 0.1) is 0 Å². The van der Waals surface area contributed by atoms with Crippen LogP contribution in [-0.4, -0.2) is 23.4 Å². The Kier molecular flexibility index (Phi) is 4.97. The number of halogens is 1. The molecule has 0 radical (unpaired) electrons. The average Bonchev–Trinajstić information content (AvgIpc) is 2.23. The maximum Gasteiger partial charge on any atom is 0.303 e. The number of aliphatic carboxylic acids is 1. The number of carbonyl (C=O) groups excluding carboxylic acids is 1. The molecule has 0 heterocycles. The number of Topliss-reactive ketones (excluding diaryl/α,β-unsaturated/α-hetero) is 1. The van der Waals surface area contributed by atoms with Gasteiger partial charge in [-0.3, -0.25) is 9.59 Å². The highest BCUT2D eigenvalue weighted by atomic mass is 35.5. The molecule has 5 heteroatoms. The molecule has 0 aromatic heterocycles. The molecule has 1 aromatic rings. The molecule has 2 N–H and O–H groups in total. The molecule has 0 aliphatic heterocycles. The summed E-state index contributed by atoms with van der Waals surface area (Å²) in [6.07, 6.45) is 0.643. The van der Waals surface area contributed by atoms with Crippen molar-refractivity contribution in [1.29, 1.82) is 0 Å². The molecule has 0 saturated heterocycles. The van der Waals surface area contributed by atoms with E-state index in [1.54, 1.807) is 18.2 Å². The number of hydrogen-bond donors (Lipinski definition) is 2. The Hall–Kier alpha value is -1.55. The molecule has 0 fully saturated rings. The van der Waals surface area contributed by atoms with E-state index >= 15 is 0 Å². The lowest BCUT2D eigenvalue weighted by Gasteiger charge is -2.07. The van der Waals surface area contributed by atoms with Gasteiger partial charge in [-0.15, -0.1) is 0 Å². The van der Waals surface area contributed by atoms with E-state index in [-0.39, 0.29) is 12.2 Å². The molecule has 0 bridgehead atoms. The summed E-state index contributed by atoms with van der Waals surface area (Å²) in [7, 11) is 0. The third kappa shape index (κ3) is 4.87. The summed E-state index contributed by atoms with van der Waals surface area (Å²) in [4.78, 5) is 21.5. The van der Waals surface area contributed by atoms with Gasteiger partial charge in [0.2, 0.25) is 0 Å². The van der Waals surface area contributed by atoms with Gasteiger partial charge in [-0.2, -0.15) is 0 Å². The fourth-order valence-corrected chi connectivity index (χ4v) is 1.60. The summed E-state index contributed by atoms with van der Waals surface area (Å²) in [5.74, 6) is -0.872. The van der Waals surface area contributed by atoms with Gasteiger partial charge in [-0.25, -0.2) is 0 Å². The smallest absolute Gasteiger partial charge is 0.303 e. The lowest BCUT2D eigenvalue weighted by atomic mass is 10.1. The summed E-state index contributed by atoms with van der Waals surface area (Å²) in [6.45, 7) is 2.00. The number of carboxylic acid groups (broad SMARTS) is 1. The largest absolute Gasteiger partial charge is 0.481 e. The molecular weight excluding hydrogens is 242 g/mol. The van der Waals surface area contributed by atoms with Crippen molar-refractivity contribution in [2.75, 3.05) is 11.9 Å². The summed E-state index contributed by atoms with van der Waals surface area (Å²) in [6, 6.07) is 5.01. The second kappa shape index (κ2) is 6.25. The van der Waals surface area contributed by atoms with Gasteiger partial charge < -0.3 is 10.4 Å². The van der Waals surface area contributed by atoms with Crippen molar-refractivity contribution in [2.45, 2.75) is 19.8 Å². The minimum atomic E-state index is -0.817. The van der Waals surface area contributed by atoms with E-state index in [1.165, 1.54) is 6.92 Å². The van der Waals surface area contributed by atoms with Crippen LogP contribution in [-0.2, 0) is 4.79 Å². The topological polar surface area (TPSA) is 66.4 Å². The highest BCUT2D eigenvalue weighted by Gasteiger charge is 2.03. The number of anilines is 1.